The maximum atomic E-state index is 12.7. The Balaban J connectivity index is 1.74. The molecule has 0 unspecified atom stereocenters. The minimum absolute atomic E-state index is 0.251. The number of oxazole rings is 1. The van der Waals surface area contributed by atoms with Crippen LogP contribution in [0.4, 0.5) is 5.88 Å². The largest absolute Gasteiger partial charge is 0.420 e. The van der Waals surface area contributed by atoms with Gasteiger partial charge in [0.25, 0.3) is 5.91 Å². The van der Waals surface area contributed by atoms with Gasteiger partial charge >= 0.3 is 0 Å². The minimum Gasteiger partial charge on any atom is -0.420 e. The molecule has 0 spiro atoms. The lowest BCUT2D eigenvalue weighted by Crippen LogP contribution is -2.12. The molecular formula is C22H14Cl2N2O2. The van der Waals surface area contributed by atoms with Crippen molar-refractivity contribution in [3.8, 4) is 22.7 Å². The first-order valence-electron chi connectivity index (χ1n) is 8.50. The van der Waals surface area contributed by atoms with Crippen molar-refractivity contribution in [2.45, 2.75) is 0 Å². The van der Waals surface area contributed by atoms with Crippen molar-refractivity contribution in [3.05, 3.63) is 94.5 Å². The third kappa shape index (κ3) is 3.79. The second-order valence-corrected chi connectivity index (χ2v) is 6.85. The van der Waals surface area contributed by atoms with Crippen LogP contribution in [-0.4, -0.2) is 10.9 Å². The number of rotatable bonds is 4. The number of carbonyl (C=O) groups excluding carboxylic acids is 1. The Hall–Kier alpha value is -3.08. The van der Waals surface area contributed by atoms with Crippen LogP contribution < -0.4 is 5.32 Å². The number of anilines is 1. The summed E-state index contributed by atoms with van der Waals surface area (Å²) in [5, 5.41) is 3.49. The molecule has 0 saturated heterocycles. The number of benzene rings is 3. The van der Waals surface area contributed by atoms with Crippen LogP contribution in [-0.2, 0) is 0 Å². The van der Waals surface area contributed by atoms with Gasteiger partial charge in [-0.15, -0.1) is 0 Å². The molecule has 28 heavy (non-hydrogen) atoms. The van der Waals surface area contributed by atoms with Crippen molar-refractivity contribution >= 4 is 35.0 Å². The standard InChI is InChI=1S/C22H14Cl2N2O2/c23-16-11-12-17(18(24)13-16)20(27)26-22-19(14-7-3-1-4-8-14)25-21(28-22)15-9-5-2-6-10-15/h1-13H,(H,26,27). The maximum absolute atomic E-state index is 12.7. The van der Waals surface area contributed by atoms with Crippen molar-refractivity contribution in [1.29, 1.82) is 0 Å². The van der Waals surface area contributed by atoms with Gasteiger partial charge in [0, 0.05) is 16.1 Å². The summed E-state index contributed by atoms with van der Waals surface area (Å²) in [5.74, 6) is 0.257. The Kier molecular flexibility index (Phi) is 5.15. The zero-order valence-electron chi connectivity index (χ0n) is 14.5. The third-order valence-corrected chi connectivity index (χ3v) is 4.65. The van der Waals surface area contributed by atoms with Gasteiger partial charge in [-0.3, -0.25) is 10.1 Å². The molecule has 0 radical (unpaired) electrons. The van der Waals surface area contributed by atoms with Gasteiger partial charge in [-0.25, -0.2) is 4.98 Å². The molecule has 3 aromatic carbocycles. The lowest BCUT2D eigenvalue weighted by atomic mass is 10.1. The summed E-state index contributed by atoms with van der Waals surface area (Å²) < 4.78 is 5.90. The fraction of sp³-hybridized carbons (Fsp3) is 0. The monoisotopic (exact) mass is 408 g/mol. The highest BCUT2D eigenvalue weighted by Crippen LogP contribution is 2.33. The predicted molar refractivity (Wildman–Crippen MR) is 112 cm³/mol. The number of nitrogens with zero attached hydrogens (tertiary/aromatic N) is 1. The molecule has 0 fully saturated rings. The highest BCUT2D eigenvalue weighted by molar-refractivity contribution is 6.37. The van der Waals surface area contributed by atoms with E-state index in [-0.39, 0.29) is 10.9 Å². The SMILES string of the molecule is O=C(Nc1oc(-c2ccccc2)nc1-c1ccccc1)c1ccc(Cl)cc1Cl. The molecule has 1 amide bonds. The van der Waals surface area contributed by atoms with Crippen LogP contribution in [0.25, 0.3) is 22.7 Å². The third-order valence-electron chi connectivity index (χ3n) is 4.10. The van der Waals surface area contributed by atoms with Crippen LogP contribution >= 0.6 is 23.2 Å². The first-order chi connectivity index (χ1) is 13.6. The zero-order valence-corrected chi connectivity index (χ0v) is 16.0. The zero-order chi connectivity index (χ0) is 19.5. The highest BCUT2D eigenvalue weighted by atomic mass is 35.5. The van der Waals surface area contributed by atoms with Crippen molar-refractivity contribution in [1.82, 2.24) is 4.98 Å². The van der Waals surface area contributed by atoms with Gasteiger partial charge in [0.2, 0.25) is 11.8 Å². The molecule has 1 heterocycles. The van der Waals surface area contributed by atoms with Crippen molar-refractivity contribution in [3.63, 3.8) is 0 Å². The fourth-order valence-corrected chi connectivity index (χ4v) is 3.24. The maximum Gasteiger partial charge on any atom is 0.259 e. The summed E-state index contributed by atoms with van der Waals surface area (Å²) in [6.45, 7) is 0. The van der Waals surface area contributed by atoms with Gasteiger partial charge in [-0.1, -0.05) is 71.7 Å². The van der Waals surface area contributed by atoms with Crippen molar-refractivity contribution < 1.29 is 9.21 Å². The van der Waals surface area contributed by atoms with Gasteiger partial charge in [0.1, 0.15) is 5.69 Å². The Bertz CT molecular complexity index is 1130. The Morgan fingerprint density at radius 2 is 1.50 bits per heavy atom. The number of carbonyl (C=O) groups is 1. The second-order valence-electron chi connectivity index (χ2n) is 6.01. The van der Waals surface area contributed by atoms with Crippen LogP contribution in [0, 0.1) is 0 Å². The molecule has 138 valence electrons. The van der Waals surface area contributed by atoms with Gasteiger partial charge < -0.3 is 4.42 Å². The van der Waals surface area contributed by atoms with E-state index in [1.54, 1.807) is 12.1 Å². The first kappa shape index (κ1) is 18.3. The summed E-state index contributed by atoms with van der Waals surface area (Å²) >= 11 is 12.1. The molecule has 0 atom stereocenters. The summed E-state index contributed by atoms with van der Waals surface area (Å²) in [7, 11) is 0. The Labute approximate surface area is 171 Å². The second kappa shape index (κ2) is 7.89. The van der Waals surface area contributed by atoms with Gasteiger partial charge in [0.05, 0.1) is 10.6 Å². The summed E-state index contributed by atoms with van der Waals surface area (Å²) in [6.07, 6.45) is 0. The van der Waals surface area contributed by atoms with E-state index in [9.17, 15) is 4.79 Å². The average Bonchev–Trinajstić information content (AvgIpc) is 3.13. The van der Waals surface area contributed by atoms with Crippen LogP contribution in [0.5, 0.6) is 0 Å². The topological polar surface area (TPSA) is 55.1 Å². The molecule has 1 aromatic heterocycles. The molecule has 0 aliphatic carbocycles. The quantitative estimate of drug-likeness (QED) is 0.415. The molecule has 0 bridgehead atoms. The normalized spacial score (nSPS) is 10.6. The van der Waals surface area contributed by atoms with E-state index in [0.717, 1.165) is 11.1 Å². The summed E-state index contributed by atoms with van der Waals surface area (Å²) in [5.41, 5.74) is 2.47. The number of halogens is 2. The van der Waals surface area contributed by atoms with Crippen molar-refractivity contribution in [2.24, 2.45) is 0 Å². The van der Waals surface area contributed by atoms with E-state index >= 15 is 0 Å². The molecule has 4 nitrogen and oxygen atoms in total. The van der Waals surface area contributed by atoms with E-state index < -0.39 is 5.91 Å². The van der Waals surface area contributed by atoms with E-state index in [4.69, 9.17) is 27.6 Å². The lowest BCUT2D eigenvalue weighted by Gasteiger charge is -2.06. The molecule has 0 aliphatic rings. The number of nitrogens with one attached hydrogen (secondary N) is 1. The van der Waals surface area contributed by atoms with E-state index in [1.807, 2.05) is 60.7 Å². The van der Waals surface area contributed by atoms with Crippen LogP contribution in [0.3, 0.4) is 0 Å². The van der Waals surface area contributed by atoms with E-state index in [1.165, 1.54) is 6.07 Å². The average molecular weight is 409 g/mol. The summed E-state index contributed by atoms with van der Waals surface area (Å²) in [4.78, 5) is 17.3. The summed E-state index contributed by atoms with van der Waals surface area (Å²) in [6, 6.07) is 23.7. The fourth-order valence-electron chi connectivity index (χ4n) is 2.74. The Morgan fingerprint density at radius 1 is 0.857 bits per heavy atom. The smallest absolute Gasteiger partial charge is 0.259 e. The van der Waals surface area contributed by atoms with Gasteiger partial charge in [0.15, 0.2) is 0 Å². The highest BCUT2D eigenvalue weighted by Gasteiger charge is 2.20. The number of hydrogen-bond acceptors (Lipinski definition) is 3. The van der Waals surface area contributed by atoms with Crippen molar-refractivity contribution in [2.75, 3.05) is 5.32 Å². The number of hydrogen-bond donors (Lipinski definition) is 1. The molecule has 4 rings (SSSR count). The van der Waals surface area contributed by atoms with E-state index in [2.05, 4.69) is 10.3 Å². The Morgan fingerprint density at radius 3 is 2.14 bits per heavy atom. The minimum atomic E-state index is -0.408. The molecule has 6 heteroatoms. The molecule has 0 saturated carbocycles. The van der Waals surface area contributed by atoms with Crippen LogP contribution in [0.2, 0.25) is 10.0 Å². The lowest BCUT2D eigenvalue weighted by molar-refractivity contribution is 0.102. The first-order valence-corrected chi connectivity index (χ1v) is 9.25. The number of amides is 1. The van der Waals surface area contributed by atoms with Crippen LogP contribution in [0.15, 0.2) is 83.3 Å². The molecule has 1 N–H and O–H groups in total. The van der Waals surface area contributed by atoms with Gasteiger partial charge in [-0.05, 0) is 30.3 Å². The molecule has 0 aliphatic heterocycles. The number of aromatic nitrogens is 1. The molecule has 4 aromatic rings. The van der Waals surface area contributed by atoms with E-state index in [0.29, 0.717) is 22.2 Å². The van der Waals surface area contributed by atoms with Crippen LogP contribution in [0.1, 0.15) is 10.4 Å². The molecular weight excluding hydrogens is 395 g/mol. The predicted octanol–water partition coefficient (Wildman–Crippen LogP) is 6.57. The van der Waals surface area contributed by atoms with Gasteiger partial charge in [-0.2, -0.15) is 0 Å².